The third-order valence-electron chi connectivity index (χ3n) is 5.93. The summed E-state index contributed by atoms with van der Waals surface area (Å²) < 4.78 is 0. The third kappa shape index (κ3) is 4.33. The molecule has 1 aliphatic carbocycles. The molecule has 0 bridgehead atoms. The van der Waals surface area contributed by atoms with Crippen molar-refractivity contribution in [3.63, 3.8) is 0 Å². The molecule has 0 saturated heterocycles. The Kier molecular flexibility index (Phi) is 5.43. The van der Waals surface area contributed by atoms with E-state index < -0.39 is 0 Å². The lowest BCUT2D eigenvalue weighted by molar-refractivity contribution is 0.590. The van der Waals surface area contributed by atoms with Gasteiger partial charge in [-0.25, -0.2) is 0 Å². The zero-order valence-corrected chi connectivity index (χ0v) is 16.6. The van der Waals surface area contributed by atoms with Crippen LogP contribution in [0.1, 0.15) is 66.3 Å². The van der Waals surface area contributed by atoms with Crippen molar-refractivity contribution in [1.82, 2.24) is 0 Å². The second-order valence-corrected chi connectivity index (χ2v) is 8.37. The SMILES string of the molecule is CC(C)c1c(Cc2ccccc2)cccc1C(Cc1ccccc1)C1CC1. The predicted molar refractivity (Wildman–Crippen MR) is 115 cm³/mol. The van der Waals surface area contributed by atoms with Crippen molar-refractivity contribution in [2.75, 3.05) is 0 Å². The van der Waals surface area contributed by atoms with E-state index in [1.165, 1.54) is 36.0 Å². The highest BCUT2D eigenvalue weighted by Gasteiger charge is 2.34. The van der Waals surface area contributed by atoms with E-state index in [0.717, 1.165) is 12.3 Å². The lowest BCUT2D eigenvalue weighted by Crippen LogP contribution is -2.12. The van der Waals surface area contributed by atoms with Crippen LogP contribution in [0, 0.1) is 5.92 Å². The Morgan fingerprint density at radius 1 is 0.741 bits per heavy atom. The van der Waals surface area contributed by atoms with Crippen molar-refractivity contribution in [3.8, 4) is 0 Å². The van der Waals surface area contributed by atoms with Gasteiger partial charge in [0.15, 0.2) is 0 Å². The van der Waals surface area contributed by atoms with E-state index in [0.29, 0.717) is 11.8 Å². The molecule has 138 valence electrons. The Morgan fingerprint density at radius 3 is 1.96 bits per heavy atom. The van der Waals surface area contributed by atoms with Crippen molar-refractivity contribution in [2.45, 2.75) is 51.4 Å². The first-order valence-corrected chi connectivity index (χ1v) is 10.4. The molecular formula is C27H30. The molecule has 1 saturated carbocycles. The molecule has 0 N–H and O–H groups in total. The molecule has 0 amide bonds. The highest BCUT2D eigenvalue weighted by molar-refractivity contribution is 5.43. The van der Waals surface area contributed by atoms with Crippen LogP contribution >= 0.6 is 0 Å². The van der Waals surface area contributed by atoms with Crippen LogP contribution in [0.3, 0.4) is 0 Å². The maximum Gasteiger partial charge on any atom is -0.00228 e. The molecule has 0 aliphatic heterocycles. The van der Waals surface area contributed by atoms with Crippen molar-refractivity contribution >= 4 is 0 Å². The van der Waals surface area contributed by atoms with E-state index in [4.69, 9.17) is 0 Å². The average Bonchev–Trinajstić information content (AvgIpc) is 3.52. The largest absolute Gasteiger partial charge is 0.0622 e. The zero-order chi connectivity index (χ0) is 18.6. The molecule has 1 atom stereocenters. The van der Waals surface area contributed by atoms with Crippen molar-refractivity contribution in [1.29, 1.82) is 0 Å². The highest BCUT2D eigenvalue weighted by atomic mass is 14.4. The molecule has 0 nitrogen and oxygen atoms in total. The Bertz CT molecular complexity index is 857. The van der Waals surface area contributed by atoms with Gasteiger partial charge in [0.25, 0.3) is 0 Å². The summed E-state index contributed by atoms with van der Waals surface area (Å²) >= 11 is 0. The summed E-state index contributed by atoms with van der Waals surface area (Å²) in [7, 11) is 0. The second kappa shape index (κ2) is 8.13. The first-order chi connectivity index (χ1) is 13.2. The average molecular weight is 355 g/mol. The minimum Gasteiger partial charge on any atom is -0.0622 e. The van der Waals surface area contributed by atoms with E-state index in [1.807, 2.05) is 0 Å². The molecule has 3 aromatic rings. The van der Waals surface area contributed by atoms with Gasteiger partial charge in [-0.05, 0) is 71.3 Å². The monoisotopic (exact) mass is 354 g/mol. The van der Waals surface area contributed by atoms with Crippen LogP contribution in [0.25, 0.3) is 0 Å². The van der Waals surface area contributed by atoms with Gasteiger partial charge < -0.3 is 0 Å². The van der Waals surface area contributed by atoms with Crippen LogP contribution in [0.2, 0.25) is 0 Å². The van der Waals surface area contributed by atoms with Gasteiger partial charge in [0.05, 0.1) is 0 Å². The van der Waals surface area contributed by atoms with Crippen LogP contribution in [-0.2, 0) is 12.8 Å². The zero-order valence-electron chi connectivity index (χ0n) is 16.6. The van der Waals surface area contributed by atoms with Crippen LogP contribution in [-0.4, -0.2) is 0 Å². The van der Waals surface area contributed by atoms with Gasteiger partial charge >= 0.3 is 0 Å². The highest BCUT2D eigenvalue weighted by Crippen LogP contribution is 2.46. The van der Waals surface area contributed by atoms with Crippen molar-refractivity contribution < 1.29 is 0 Å². The summed E-state index contributed by atoms with van der Waals surface area (Å²) in [5, 5.41) is 0. The fourth-order valence-electron chi connectivity index (χ4n) is 4.53. The van der Waals surface area contributed by atoms with Crippen LogP contribution in [0.15, 0.2) is 78.9 Å². The van der Waals surface area contributed by atoms with E-state index in [9.17, 15) is 0 Å². The Hall–Kier alpha value is -2.34. The molecule has 0 heteroatoms. The summed E-state index contributed by atoms with van der Waals surface area (Å²) in [6, 6.07) is 29.0. The van der Waals surface area contributed by atoms with Crippen LogP contribution in [0.5, 0.6) is 0 Å². The lowest BCUT2D eigenvalue weighted by Gasteiger charge is -2.25. The number of rotatable bonds is 7. The standard InChI is InChI=1S/C27H30/c1-20(2)27-24(18-21-10-5-3-6-11-21)14-9-15-25(27)26(23-16-17-23)19-22-12-7-4-8-13-22/h3-15,20,23,26H,16-19H2,1-2H3. The molecule has 4 rings (SSSR count). The lowest BCUT2D eigenvalue weighted by atomic mass is 9.79. The minimum absolute atomic E-state index is 0.553. The van der Waals surface area contributed by atoms with Gasteiger partial charge in [0, 0.05) is 0 Å². The molecule has 27 heavy (non-hydrogen) atoms. The maximum absolute atomic E-state index is 2.41. The smallest absolute Gasteiger partial charge is 0.00228 e. The Morgan fingerprint density at radius 2 is 1.37 bits per heavy atom. The van der Waals surface area contributed by atoms with E-state index in [2.05, 4.69) is 92.7 Å². The number of hydrogen-bond acceptors (Lipinski definition) is 0. The summed E-state index contributed by atoms with van der Waals surface area (Å²) in [6.45, 7) is 4.72. The van der Waals surface area contributed by atoms with Crippen LogP contribution in [0.4, 0.5) is 0 Å². The second-order valence-electron chi connectivity index (χ2n) is 8.37. The first kappa shape index (κ1) is 18.0. The third-order valence-corrected chi connectivity index (χ3v) is 5.93. The molecular weight excluding hydrogens is 324 g/mol. The quantitative estimate of drug-likeness (QED) is 0.423. The van der Waals surface area contributed by atoms with Crippen molar-refractivity contribution in [2.24, 2.45) is 5.92 Å². The summed E-state index contributed by atoms with van der Waals surface area (Å²) in [5.74, 6) is 2.06. The van der Waals surface area contributed by atoms with Gasteiger partial charge in [-0.2, -0.15) is 0 Å². The Labute approximate surface area is 164 Å². The molecule has 1 fully saturated rings. The Balaban J connectivity index is 1.71. The molecule has 1 aliphatic rings. The van der Waals surface area contributed by atoms with Crippen molar-refractivity contribution in [3.05, 3.63) is 107 Å². The molecule has 3 aromatic carbocycles. The van der Waals surface area contributed by atoms with E-state index in [1.54, 1.807) is 11.1 Å². The molecule has 1 unspecified atom stereocenters. The fraction of sp³-hybridized carbons (Fsp3) is 0.333. The number of hydrogen-bond donors (Lipinski definition) is 0. The fourth-order valence-corrected chi connectivity index (χ4v) is 4.53. The molecule has 0 spiro atoms. The molecule has 0 heterocycles. The number of benzene rings is 3. The van der Waals surface area contributed by atoms with Crippen LogP contribution < -0.4 is 0 Å². The van der Waals surface area contributed by atoms with Gasteiger partial charge in [-0.1, -0.05) is 92.7 Å². The molecule has 0 radical (unpaired) electrons. The van der Waals surface area contributed by atoms with Gasteiger partial charge in [-0.3, -0.25) is 0 Å². The first-order valence-electron chi connectivity index (χ1n) is 10.4. The normalized spacial score (nSPS) is 15.1. The minimum atomic E-state index is 0.553. The summed E-state index contributed by atoms with van der Waals surface area (Å²) in [5.41, 5.74) is 7.58. The molecule has 0 aromatic heterocycles. The predicted octanol–water partition coefficient (Wildman–Crippen LogP) is 7.14. The maximum atomic E-state index is 2.41. The summed E-state index contributed by atoms with van der Waals surface area (Å²) in [6.07, 6.45) is 4.97. The topological polar surface area (TPSA) is 0 Å². The van der Waals surface area contributed by atoms with Gasteiger partial charge in [-0.15, -0.1) is 0 Å². The van der Waals surface area contributed by atoms with E-state index >= 15 is 0 Å². The summed E-state index contributed by atoms with van der Waals surface area (Å²) in [4.78, 5) is 0. The van der Waals surface area contributed by atoms with Gasteiger partial charge in [0.1, 0.15) is 0 Å². The van der Waals surface area contributed by atoms with E-state index in [-0.39, 0.29) is 0 Å². The van der Waals surface area contributed by atoms with Gasteiger partial charge in [0.2, 0.25) is 0 Å².